The summed E-state index contributed by atoms with van der Waals surface area (Å²) in [4.78, 5) is 19.3. The van der Waals surface area contributed by atoms with E-state index in [4.69, 9.17) is 4.74 Å². The van der Waals surface area contributed by atoms with Crippen LogP contribution in [0.3, 0.4) is 0 Å². The molecule has 42 heavy (non-hydrogen) atoms. The van der Waals surface area contributed by atoms with E-state index in [9.17, 15) is 26.4 Å². The van der Waals surface area contributed by atoms with E-state index < -0.39 is 40.2 Å². The standard InChI is InChI=1S/C28H31F4N5O4S/c1-27(29)15-36(2)11-9-24(27)35-26(38)20-12-18(13-22-25(20)34-17-37(22)16-28(30,31)32)6-5-10-33-21-14-19(42(4,39)40)7-8-23(21)41-3/h7-8,12-14,17,24,33H,9-11,15-16H2,1-4H3,(H,35,38)/t24-,27-/m1/s1. The highest BCUT2D eigenvalue weighted by molar-refractivity contribution is 7.90. The predicted molar refractivity (Wildman–Crippen MR) is 150 cm³/mol. The van der Waals surface area contributed by atoms with Crippen molar-refractivity contribution in [2.24, 2.45) is 0 Å². The van der Waals surface area contributed by atoms with Crippen LogP contribution in [0, 0.1) is 11.8 Å². The number of nitrogens with zero attached hydrogens (tertiary/aromatic N) is 3. The van der Waals surface area contributed by atoms with Crippen LogP contribution in [0.1, 0.15) is 29.3 Å². The van der Waals surface area contributed by atoms with Crippen molar-refractivity contribution in [3.8, 4) is 17.6 Å². The van der Waals surface area contributed by atoms with Gasteiger partial charge in [-0.15, -0.1) is 0 Å². The quantitative estimate of drug-likeness (QED) is 0.311. The zero-order valence-electron chi connectivity index (χ0n) is 23.5. The van der Waals surface area contributed by atoms with Gasteiger partial charge in [0.25, 0.3) is 5.91 Å². The third-order valence-corrected chi connectivity index (χ3v) is 8.04. The molecule has 0 bridgehead atoms. The number of nitrogens with one attached hydrogen (secondary N) is 2. The molecule has 0 spiro atoms. The van der Waals surface area contributed by atoms with Crippen molar-refractivity contribution in [3.05, 3.63) is 47.8 Å². The summed E-state index contributed by atoms with van der Waals surface area (Å²) in [5.74, 6) is 5.39. The van der Waals surface area contributed by atoms with Crippen LogP contribution in [-0.2, 0) is 16.4 Å². The molecule has 2 heterocycles. The molecule has 1 fully saturated rings. The lowest BCUT2D eigenvalue weighted by atomic mass is 9.90. The molecule has 0 unspecified atom stereocenters. The molecule has 226 valence electrons. The van der Waals surface area contributed by atoms with E-state index >= 15 is 4.39 Å². The van der Waals surface area contributed by atoms with Crippen LogP contribution in [0.25, 0.3) is 11.0 Å². The van der Waals surface area contributed by atoms with Crippen molar-refractivity contribution >= 4 is 32.5 Å². The number of carbonyl (C=O) groups excluding carboxylic acids is 1. The Hall–Kier alpha value is -3.83. The number of likely N-dealkylation sites (tertiary alicyclic amines) is 1. The van der Waals surface area contributed by atoms with Crippen molar-refractivity contribution < 1.29 is 35.5 Å². The zero-order valence-corrected chi connectivity index (χ0v) is 24.3. The Bertz CT molecular complexity index is 1660. The van der Waals surface area contributed by atoms with E-state index in [0.717, 1.165) is 17.2 Å². The average Bonchev–Trinajstić information content (AvgIpc) is 3.27. The molecule has 9 nitrogen and oxygen atoms in total. The average molecular weight is 610 g/mol. The molecule has 1 saturated heterocycles. The van der Waals surface area contributed by atoms with E-state index in [1.165, 1.54) is 44.4 Å². The lowest BCUT2D eigenvalue weighted by Gasteiger charge is -2.39. The summed E-state index contributed by atoms with van der Waals surface area (Å²) < 4.78 is 85.0. The molecular weight excluding hydrogens is 578 g/mol. The third-order valence-electron chi connectivity index (χ3n) is 6.93. The molecule has 3 aromatic rings. The van der Waals surface area contributed by atoms with E-state index in [0.29, 0.717) is 24.4 Å². The summed E-state index contributed by atoms with van der Waals surface area (Å²) in [6, 6.07) is 6.32. The number of rotatable bonds is 7. The number of hydrogen-bond donors (Lipinski definition) is 2. The van der Waals surface area contributed by atoms with Crippen LogP contribution < -0.4 is 15.4 Å². The Morgan fingerprint density at radius 1 is 1.26 bits per heavy atom. The maximum absolute atomic E-state index is 15.3. The highest BCUT2D eigenvalue weighted by atomic mass is 32.2. The Labute approximate surface area is 241 Å². The van der Waals surface area contributed by atoms with Crippen LogP contribution in [0.2, 0.25) is 0 Å². The van der Waals surface area contributed by atoms with Crippen molar-refractivity contribution in [1.29, 1.82) is 0 Å². The Balaban J connectivity index is 1.65. The Kier molecular flexibility index (Phi) is 8.75. The highest BCUT2D eigenvalue weighted by Gasteiger charge is 2.40. The first kappa shape index (κ1) is 31.1. The smallest absolute Gasteiger partial charge is 0.406 e. The molecule has 1 aliphatic heterocycles. The fourth-order valence-electron chi connectivity index (χ4n) is 4.90. The molecule has 4 rings (SSSR count). The molecule has 1 aromatic heterocycles. The first-order chi connectivity index (χ1) is 19.6. The summed E-state index contributed by atoms with van der Waals surface area (Å²) in [6.07, 6.45) is -2.10. The van der Waals surface area contributed by atoms with E-state index in [1.807, 2.05) is 4.90 Å². The maximum Gasteiger partial charge on any atom is 0.406 e. The van der Waals surface area contributed by atoms with Gasteiger partial charge in [0.15, 0.2) is 9.84 Å². The molecule has 0 aliphatic carbocycles. The minimum Gasteiger partial charge on any atom is -0.495 e. The predicted octanol–water partition coefficient (Wildman–Crippen LogP) is 3.64. The molecule has 1 aliphatic rings. The number of amides is 1. The van der Waals surface area contributed by atoms with Gasteiger partial charge in [-0.3, -0.25) is 4.79 Å². The summed E-state index contributed by atoms with van der Waals surface area (Å²) >= 11 is 0. The largest absolute Gasteiger partial charge is 0.495 e. The summed E-state index contributed by atoms with van der Waals surface area (Å²) in [6.45, 7) is 0.773. The van der Waals surface area contributed by atoms with Gasteiger partial charge in [0.2, 0.25) is 0 Å². The van der Waals surface area contributed by atoms with Gasteiger partial charge in [-0.25, -0.2) is 17.8 Å². The van der Waals surface area contributed by atoms with Gasteiger partial charge in [0.1, 0.15) is 23.5 Å². The number of benzene rings is 2. The molecule has 2 aromatic carbocycles. The molecule has 0 saturated carbocycles. The molecular formula is C28H31F4N5O4S. The normalized spacial score (nSPS) is 19.7. The van der Waals surface area contributed by atoms with Crippen molar-refractivity contribution in [3.63, 3.8) is 0 Å². The number of ether oxygens (including phenoxy) is 1. The Morgan fingerprint density at radius 2 is 2.00 bits per heavy atom. The van der Waals surface area contributed by atoms with Gasteiger partial charge >= 0.3 is 6.18 Å². The fourth-order valence-corrected chi connectivity index (χ4v) is 5.54. The maximum atomic E-state index is 15.3. The Morgan fingerprint density at radius 3 is 2.64 bits per heavy atom. The number of imidazole rings is 1. The van der Waals surface area contributed by atoms with Crippen molar-refractivity contribution in [1.82, 2.24) is 19.8 Å². The fraction of sp³-hybridized carbons (Fsp3) is 0.429. The first-order valence-electron chi connectivity index (χ1n) is 12.9. The molecule has 14 heteroatoms. The van der Waals surface area contributed by atoms with Crippen molar-refractivity contribution in [2.45, 2.75) is 42.7 Å². The SMILES string of the molecule is COc1ccc(S(C)(=O)=O)cc1NCC#Cc1cc(C(=O)N[C@@H]2CCN(C)C[C@@]2(C)F)c2ncn(CC(F)(F)F)c2c1. The van der Waals surface area contributed by atoms with Crippen LogP contribution in [0.15, 0.2) is 41.6 Å². The molecule has 2 atom stereocenters. The highest BCUT2D eigenvalue weighted by Crippen LogP contribution is 2.29. The summed E-state index contributed by atoms with van der Waals surface area (Å²) in [5.41, 5.74) is -1.04. The topological polar surface area (TPSA) is 106 Å². The minimum atomic E-state index is -4.54. The van der Waals surface area contributed by atoms with Crippen molar-refractivity contribution in [2.75, 3.05) is 45.4 Å². The van der Waals surface area contributed by atoms with Crippen LogP contribution in [0.4, 0.5) is 23.2 Å². The lowest BCUT2D eigenvalue weighted by molar-refractivity contribution is -0.139. The number of carbonyl (C=O) groups is 1. The minimum absolute atomic E-state index is 0.0146. The van der Waals surface area contributed by atoms with Crippen LogP contribution in [-0.4, -0.2) is 86.7 Å². The molecule has 1 amide bonds. The molecule has 0 radical (unpaired) electrons. The second kappa shape index (κ2) is 11.8. The van der Waals surface area contributed by atoms with Gasteiger partial charge in [0, 0.05) is 24.9 Å². The second-order valence-corrected chi connectivity index (χ2v) is 12.5. The second-order valence-electron chi connectivity index (χ2n) is 10.5. The van der Waals surface area contributed by atoms with Gasteiger partial charge in [0.05, 0.1) is 47.7 Å². The summed E-state index contributed by atoms with van der Waals surface area (Å²) in [7, 11) is -0.268. The first-order valence-corrected chi connectivity index (χ1v) is 14.8. The number of alkyl halides is 4. The number of fused-ring (bicyclic) bond motifs is 1. The monoisotopic (exact) mass is 609 g/mol. The number of aromatic nitrogens is 2. The number of halogens is 4. The number of hydrogen-bond acceptors (Lipinski definition) is 7. The van der Waals surface area contributed by atoms with E-state index in [2.05, 4.69) is 27.5 Å². The number of piperidine rings is 1. The number of methoxy groups -OCH3 is 1. The van der Waals surface area contributed by atoms with Gasteiger partial charge in [-0.1, -0.05) is 11.8 Å². The summed E-state index contributed by atoms with van der Waals surface area (Å²) in [5, 5.41) is 5.68. The number of anilines is 1. The van der Waals surface area contributed by atoms with Gasteiger partial charge in [-0.05, 0) is 50.7 Å². The van der Waals surface area contributed by atoms with E-state index in [1.54, 1.807) is 7.05 Å². The van der Waals surface area contributed by atoms with Crippen LogP contribution >= 0.6 is 0 Å². The van der Waals surface area contributed by atoms with Gasteiger partial charge < -0.3 is 24.8 Å². The van der Waals surface area contributed by atoms with E-state index in [-0.39, 0.29) is 40.1 Å². The number of sulfone groups is 1. The lowest BCUT2D eigenvalue weighted by Crippen LogP contribution is -2.58. The molecule has 2 N–H and O–H groups in total. The van der Waals surface area contributed by atoms with Gasteiger partial charge in [-0.2, -0.15) is 13.2 Å². The van der Waals surface area contributed by atoms with Crippen LogP contribution in [0.5, 0.6) is 5.75 Å². The third kappa shape index (κ3) is 7.32. The zero-order chi connectivity index (χ0) is 30.9.